The third-order valence-electron chi connectivity index (χ3n) is 5.94. The standard InChI is InChI=1S/C26H33FN2O4S/c1-5-13-28(4)17-25-19(2)16-29(20(3)18-30)34(31,32)26-12-11-22(15-24(26)33-25)10-9-21-7-6-8-23(27)14-21/h6-8,11-12,14-15,19-20,25,30H,5,13,16-18H2,1-4H3/t19-,20+,25-/m1/s1. The first kappa shape index (κ1) is 26.2. The average Bonchev–Trinajstić information content (AvgIpc) is 2.79. The SMILES string of the molecule is CCCN(C)C[C@H]1Oc2cc(C#Cc3cccc(F)c3)ccc2S(=O)(=O)N([C@@H](C)CO)C[C@H]1C. The highest BCUT2D eigenvalue weighted by molar-refractivity contribution is 7.89. The first-order chi connectivity index (χ1) is 16.1. The van der Waals surface area contributed by atoms with Crippen LogP contribution in [0.3, 0.4) is 0 Å². The monoisotopic (exact) mass is 488 g/mol. The Balaban J connectivity index is 2.05. The van der Waals surface area contributed by atoms with Crippen molar-refractivity contribution < 1.29 is 22.7 Å². The van der Waals surface area contributed by atoms with Crippen LogP contribution in [0.15, 0.2) is 47.4 Å². The van der Waals surface area contributed by atoms with E-state index in [1.165, 1.54) is 22.5 Å². The average molecular weight is 489 g/mol. The zero-order chi connectivity index (χ0) is 24.9. The minimum absolute atomic E-state index is 0.0548. The van der Waals surface area contributed by atoms with Crippen LogP contribution in [0.25, 0.3) is 0 Å². The van der Waals surface area contributed by atoms with Crippen LogP contribution in [0.1, 0.15) is 38.3 Å². The molecule has 0 unspecified atom stereocenters. The van der Waals surface area contributed by atoms with Crippen molar-refractivity contribution in [3.63, 3.8) is 0 Å². The van der Waals surface area contributed by atoms with Crippen LogP contribution in [0.5, 0.6) is 5.75 Å². The quantitative estimate of drug-likeness (QED) is 0.632. The first-order valence-electron chi connectivity index (χ1n) is 11.5. The molecule has 2 aromatic rings. The van der Waals surface area contributed by atoms with Gasteiger partial charge in [-0.3, -0.25) is 0 Å². The summed E-state index contributed by atoms with van der Waals surface area (Å²) in [5.74, 6) is 5.65. The van der Waals surface area contributed by atoms with Crippen molar-refractivity contribution in [2.75, 3.05) is 33.3 Å². The summed E-state index contributed by atoms with van der Waals surface area (Å²) in [6.45, 7) is 7.27. The lowest BCUT2D eigenvalue weighted by Gasteiger charge is -2.37. The van der Waals surface area contributed by atoms with Crippen molar-refractivity contribution in [2.45, 2.75) is 44.2 Å². The van der Waals surface area contributed by atoms with Gasteiger partial charge in [0.2, 0.25) is 10.0 Å². The molecular formula is C26H33FN2O4S. The number of hydrogen-bond donors (Lipinski definition) is 1. The molecule has 0 saturated carbocycles. The number of likely N-dealkylation sites (N-methyl/N-ethyl adjacent to an activating group) is 1. The van der Waals surface area contributed by atoms with Gasteiger partial charge >= 0.3 is 0 Å². The summed E-state index contributed by atoms with van der Waals surface area (Å²) >= 11 is 0. The van der Waals surface area contributed by atoms with Gasteiger partial charge in [-0.2, -0.15) is 4.31 Å². The van der Waals surface area contributed by atoms with Crippen LogP contribution >= 0.6 is 0 Å². The summed E-state index contributed by atoms with van der Waals surface area (Å²) in [5, 5.41) is 9.75. The number of fused-ring (bicyclic) bond motifs is 1. The highest BCUT2D eigenvalue weighted by atomic mass is 32.2. The molecule has 1 aliphatic rings. The van der Waals surface area contributed by atoms with Gasteiger partial charge in [-0.05, 0) is 63.3 Å². The molecular weight excluding hydrogens is 455 g/mol. The van der Waals surface area contributed by atoms with Crippen molar-refractivity contribution in [1.82, 2.24) is 9.21 Å². The van der Waals surface area contributed by atoms with Crippen molar-refractivity contribution >= 4 is 10.0 Å². The molecule has 0 amide bonds. The molecule has 2 aromatic carbocycles. The molecule has 1 heterocycles. The van der Waals surface area contributed by atoms with E-state index in [0.717, 1.165) is 13.0 Å². The van der Waals surface area contributed by atoms with Gasteiger partial charge in [0.25, 0.3) is 0 Å². The molecule has 0 spiro atoms. The van der Waals surface area contributed by atoms with Gasteiger partial charge in [0.1, 0.15) is 22.6 Å². The van der Waals surface area contributed by atoms with Crippen LogP contribution in [0.2, 0.25) is 0 Å². The number of halogens is 1. The molecule has 0 bridgehead atoms. The van der Waals surface area contributed by atoms with E-state index in [2.05, 4.69) is 23.7 Å². The topological polar surface area (TPSA) is 70.1 Å². The van der Waals surface area contributed by atoms with Crippen LogP contribution < -0.4 is 4.74 Å². The number of ether oxygens (including phenoxy) is 1. The molecule has 0 aromatic heterocycles. The summed E-state index contributed by atoms with van der Waals surface area (Å²) in [7, 11) is -1.88. The molecule has 1 aliphatic heterocycles. The van der Waals surface area contributed by atoms with Crippen molar-refractivity contribution in [2.24, 2.45) is 5.92 Å². The Morgan fingerprint density at radius 1 is 1.24 bits per heavy atom. The van der Waals surface area contributed by atoms with Crippen molar-refractivity contribution in [3.05, 3.63) is 59.4 Å². The minimum Gasteiger partial charge on any atom is -0.487 e. The van der Waals surface area contributed by atoms with E-state index in [-0.39, 0.29) is 41.6 Å². The summed E-state index contributed by atoms with van der Waals surface area (Å²) in [6, 6.07) is 10.2. The van der Waals surface area contributed by atoms with Gasteiger partial charge < -0.3 is 14.7 Å². The van der Waals surface area contributed by atoms with E-state index in [4.69, 9.17) is 4.74 Å². The van der Waals surface area contributed by atoms with E-state index < -0.39 is 16.1 Å². The van der Waals surface area contributed by atoms with Crippen molar-refractivity contribution in [1.29, 1.82) is 0 Å². The van der Waals surface area contributed by atoms with E-state index in [1.54, 1.807) is 31.2 Å². The summed E-state index contributed by atoms with van der Waals surface area (Å²) in [5.41, 5.74) is 1.09. The molecule has 0 saturated heterocycles. The van der Waals surface area contributed by atoms with Crippen LogP contribution in [0.4, 0.5) is 4.39 Å². The van der Waals surface area contributed by atoms with Crippen LogP contribution in [-0.2, 0) is 10.0 Å². The number of sulfonamides is 1. The lowest BCUT2D eigenvalue weighted by molar-refractivity contribution is 0.0752. The molecule has 8 heteroatoms. The third kappa shape index (κ3) is 6.16. The van der Waals surface area contributed by atoms with Gasteiger partial charge in [0.15, 0.2) is 0 Å². The maximum Gasteiger partial charge on any atom is 0.247 e. The Morgan fingerprint density at radius 2 is 1.94 bits per heavy atom. The number of rotatable bonds is 6. The Bertz CT molecular complexity index is 1160. The molecule has 34 heavy (non-hydrogen) atoms. The van der Waals surface area contributed by atoms with Gasteiger partial charge in [0, 0.05) is 36.2 Å². The highest BCUT2D eigenvalue weighted by Gasteiger charge is 2.38. The number of aliphatic hydroxyl groups excluding tert-OH is 1. The number of benzene rings is 2. The normalized spacial score (nSPS) is 20.9. The molecule has 6 nitrogen and oxygen atoms in total. The molecule has 0 aliphatic carbocycles. The zero-order valence-electron chi connectivity index (χ0n) is 20.2. The molecule has 184 valence electrons. The Kier molecular flexibility index (Phi) is 8.72. The minimum atomic E-state index is -3.90. The van der Waals surface area contributed by atoms with Gasteiger partial charge in [-0.25, -0.2) is 12.8 Å². The predicted octanol–water partition coefficient (Wildman–Crippen LogP) is 3.34. The molecule has 1 N–H and O–H groups in total. The summed E-state index contributed by atoms with van der Waals surface area (Å²) in [6.07, 6.45) is 0.737. The molecule has 0 radical (unpaired) electrons. The maximum absolute atomic E-state index is 13.5. The fourth-order valence-corrected chi connectivity index (χ4v) is 5.84. The van der Waals surface area contributed by atoms with Crippen molar-refractivity contribution in [3.8, 4) is 17.6 Å². The van der Waals surface area contributed by atoms with E-state index in [9.17, 15) is 17.9 Å². The number of aliphatic hydroxyl groups is 1. The van der Waals surface area contributed by atoms with E-state index in [1.807, 2.05) is 14.0 Å². The Labute approximate surface area is 202 Å². The fraction of sp³-hybridized carbons (Fsp3) is 0.462. The second-order valence-corrected chi connectivity index (χ2v) is 10.8. The number of hydrogen-bond acceptors (Lipinski definition) is 5. The van der Waals surface area contributed by atoms with E-state index >= 15 is 0 Å². The highest BCUT2D eigenvalue weighted by Crippen LogP contribution is 2.34. The lowest BCUT2D eigenvalue weighted by atomic mass is 10.0. The van der Waals surface area contributed by atoms with Gasteiger partial charge in [-0.1, -0.05) is 31.8 Å². The zero-order valence-corrected chi connectivity index (χ0v) is 21.0. The maximum atomic E-state index is 13.5. The summed E-state index contributed by atoms with van der Waals surface area (Å²) in [4.78, 5) is 2.23. The molecule has 0 fully saturated rings. The molecule has 3 rings (SSSR count). The fourth-order valence-electron chi connectivity index (χ4n) is 4.01. The second kappa shape index (κ2) is 11.3. The molecule has 3 atom stereocenters. The Hall–Kier alpha value is -2.44. The van der Waals surface area contributed by atoms with Crippen LogP contribution in [-0.4, -0.2) is 68.2 Å². The van der Waals surface area contributed by atoms with Crippen LogP contribution in [0, 0.1) is 23.6 Å². The third-order valence-corrected chi connectivity index (χ3v) is 7.96. The predicted molar refractivity (Wildman–Crippen MR) is 131 cm³/mol. The van der Waals surface area contributed by atoms with E-state index in [0.29, 0.717) is 17.7 Å². The van der Waals surface area contributed by atoms with Gasteiger partial charge in [-0.15, -0.1) is 0 Å². The number of nitrogens with zero attached hydrogens (tertiary/aromatic N) is 2. The lowest BCUT2D eigenvalue weighted by Crippen LogP contribution is -2.49. The smallest absolute Gasteiger partial charge is 0.247 e. The Morgan fingerprint density at radius 3 is 2.59 bits per heavy atom. The summed E-state index contributed by atoms with van der Waals surface area (Å²) < 4.78 is 48.2. The largest absolute Gasteiger partial charge is 0.487 e. The second-order valence-electron chi connectivity index (χ2n) is 8.92. The first-order valence-corrected chi connectivity index (χ1v) is 13.0. The van der Waals surface area contributed by atoms with Gasteiger partial charge in [0.05, 0.1) is 6.61 Å².